The number of rotatable bonds is 3. The summed E-state index contributed by atoms with van der Waals surface area (Å²) in [7, 11) is -6.82. The molecule has 1 fully saturated rings. The first-order valence-corrected chi connectivity index (χ1v) is 7.13. The fourth-order valence-electron chi connectivity index (χ4n) is 2.78. The van der Waals surface area contributed by atoms with Crippen LogP contribution in [0.15, 0.2) is 12.1 Å². The van der Waals surface area contributed by atoms with Gasteiger partial charge in [-0.25, -0.2) is 0 Å². The summed E-state index contributed by atoms with van der Waals surface area (Å²) >= 11 is 0. The van der Waals surface area contributed by atoms with Gasteiger partial charge in [0.15, 0.2) is 11.5 Å². The van der Waals surface area contributed by atoms with Crippen molar-refractivity contribution in [3.05, 3.63) is 23.2 Å². The number of fused-ring (bicyclic) bond motifs is 3. The Balaban J connectivity index is 2.41. The lowest BCUT2D eigenvalue weighted by Gasteiger charge is -2.47. The molecule has 4 nitrogen and oxygen atoms in total. The van der Waals surface area contributed by atoms with Crippen LogP contribution in [-0.2, 0) is 6.37 Å². The normalized spacial score (nSPS) is 50.2. The molecule has 0 saturated carbocycles. The number of hydrogen-bond acceptors (Lipinski definition) is 4. The molecule has 0 amide bonds. The molecular weight excluding hydrogens is 302 g/mol. The van der Waals surface area contributed by atoms with Crippen LogP contribution in [0.5, 0.6) is 11.5 Å². The van der Waals surface area contributed by atoms with Crippen LogP contribution in [0.2, 0.25) is 0 Å². The zero-order valence-corrected chi connectivity index (χ0v) is 12.8. The quantitative estimate of drug-likeness (QED) is 0.903. The Morgan fingerprint density at radius 1 is 1.46 bits per heavy atom. The van der Waals surface area contributed by atoms with E-state index < -0.39 is 118 Å². The van der Waals surface area contributed by atoms with Crippen LogP contribution in [0, 0.1) is 11.3 Å². The molecule has 24 heavy (non-hydrogen) atoms. The second-order valence-electron chi connectivity index (χ2n) is 5.80. The van der Waals surface area contributed by atoms with Gasteiger partial charge in [0.2, 0.25) is 0 Å². The van der Waals surface area contributed by atoms with Crippen molar-refractivity contribution in [3.8, 4) is 11.5 Å². The Labute approximate surface area is 175 Å². The van der Waals surface area contributed by atoms with Gasteiger partial charge in [-0.05, 0) is 53.7 Å². The summed E-state index contributed by atoms with van der Waals surface area (Å²) in [5.74, 6) is -4.58. The van der Waals surface area contributed by atoms with Crippen molar-refractivity contribution >= 4 is 0 Å². The Bertz CT molecular complexity index is 1320. The van der Waals surface area contributed by atoms with Crippen LogP contribution >= 0.6 is 0 Å². The van der Waals surface area contributed by atoms with Crippen LogP contribution in [-0.4, -0.2) is 43.2 Å². The highest BCUT2D eigenvalue weighted by Crippen LogP contribution is 2.44. The largest absolute Gasteiger partial charge is 0.493 e. The highest BCUT2D eigenvalue weighted by atomic mass is 16.5. The number of methoxy groups -OCH3 is 2. The first-order chi connectivity index (χ1) is 19.6. The maximum absolute atomic E-state index is 11.3. The van der Waals surface area contributed by atoms with Gasteiger partial charge < -0.3 is 14.6 Å². The molecule has 1 aromatic rings. The fraction of sp³-hybridized carbons (Fsp3) is 0.700. The van der Waals surface area contributed by atoms with Gasteiger partial charge in [-0.2, -0.15) is 0 Å². The smallest absolute Gasteiger partial charge is 0.161 e. The topological polar surface area (TPSA) is 41.9 Å². The average Bonchev–Trinajstić information content (AvgIpc) is 2.78. The van der Waals surface area contributed by atoms with Crippen molar-refractivity contribution in [2.75, 3.05) is 27.1 Å². The van der Waals surface area contributed by atoms with Crippen molar-refractivity contribution in [1.29, 1.82) is 0 Å². The van der Waals surface area contributed by atoms with E-state index in [0.717, 1.165) is 0 Å². The van der Waals surface area contributed by atoms with Crippen LogP contribution in [0.1, 0.15) is 79.4 Å². The van der Waals surface area contributed by atoms with E-state index in [1.807, 2.05) is 0 Å². The summed E-state index contributed by atoms with van der Waals surface area (Å²) in [5, 5.41) is 11.3. The lowest BCUT2D eigenvalue weighted by atomic mass is 9.75. The lowest BCUT2D eigenvalue weighted by Crippen LogP contribution is -2.48. The van der Waals surface area contributed by atoms with E-state index in [0.29, 0.717) is 11.8 Å². The highest BCUT2D eigenvalue weighted by molar-refractivity contribution is 5.49. The molecule has 3 atom stereocenters. The SMILES string of the molecule is [2H]c1c(OC([2H])([2H])[2H])c(OC([2H])([2H])[2H])c([2H])c2c1C1([2H])CC(O)C(C([2H])([2H])C(C)(C([2H])([2H])[2H])C([2H])([2H])[2H])CN1C([2H])([2H])C2([2H])[2H]. The van der Waals surface area contributed by atoms with Crippen molar-refractivity contribution in [2.24, 2.45) is 11.3 Å². The van der Waals surface area contributed by atoms with Gasteiger partial charge in [0.1, 0.15) is 0 Å². The summed E-state index contributed by atoms with van der Waals surface area (Å²) in [6.45, 7) is -11.1. The molecule has 0 spiro atoms. The molecule has 1 aromatic carbocycles. The standard InChI is InChI=1S/C20H31NO3/c1-20(2,3)11-14-12-21-7-6-13-8-18(23-4)19(24-5)9-15(13)16(21)10-17(14)22/h8-9,14,16-17,22H,6-7,10-12H2,1-5H3/i1D3,2D3,4D3,5D3,6D2,7D2,8D,9D,11D2,16D. The van der Waals surface area contributed by atoms with E-state index >= 15 is 0 Å². The molecule has 134 valence electrons. The monoisotopic (exact) mass is 354 g/mol. The molecule has 2 aliphatic heterocycles. The number of aliphatic hydroxyl groups excluding tert-OH is 1. The third-order valence-corrected chi connectivity index (χ3v) is 3.79. The highest BCUT2D eigenvalue weighted by Gasteiger charge is 2.39. The minimum absolute atomic E-state index is 0.345. The Morgan fingerprint density at radius 3 is 2.92 bits per heavy atom. The maximum atomic E-state index is 11.3. The lowest BCUT2D eigenvalue weighted by molar-refractivity contribution is -0.0259. The summed E-state index contributed by atoms with van der Waals surface area (Å²) in [6.07, 6.45) is -10.1. The van der Waals surface area contributed by atoms with Crippen LogP contribution < -0.4 is 9.47 Å². The second-order valence-corrected chi connectivity index (χ2v) is 5.80. The first kappa shape index (κ1) is 5.14. The minimum Gasteiger partial charge on any atom is -0.493 e. The van der Waals surface area contributed by atoms with E-state index in [1.54, 1.807) is 0 Å². The average molecular weight is 355 g/mol. The van der Waals surface area contributed by atoms with E-state index in [4.69, 9.17) is 36.9 Å². The molecular formula is C20H31NO3. The fourth-order valence-corrected chi connectivity index (χ4v) is 2.78. The second kappa shape index (κ2) is 6.57. The van der Waals surface area contributed by atoms with E-state index in [1.165, 1.54) is 0 Å². The molecule has 2 heterocycles. The summed E-state index contributed by atoms with van der Waals surface area (Å²) < 4.78 is 180. The van der Waals surface area contributed by atoms with Gasteiger partial charge in [-0.1, -0.05) is 20.6 Å². The molecule has 3 unspecified atom stereocenters. The zero-order valence-electron chi connectivity index (χ0n) is 33.8. The molecule has 2 aliphatic rings. The summed E-state index contributed by atoms with van der Waals surface area (Å²) in [6, 6.07) is -5.31. The molecule has 0 bridgehead atoms. The zero-order chi connectivity index (χ0) is 35.5. The predicted molar refractivity (Wildman–Crippen MR) is 95.7 cm³/mol. The number of ether oxygens (including phenoxy) is 2. The first-order valence-electron chi connectivity index (χ1n) is 17.6. The minimum atomic E-state index is -3.52. The predicted octanol–water partition coefficient (Wildman–Crippen LogP) is 3.42. The number of aliphatic hydroxyl groups is 1. The summed E-state index contributed by atoms with van der Waals surface area (Å²) in [4.78, 5) is 0.345. The van der Waals surface area contributed by atoms with Crippen molar-refractivity contribution in [3.63, 3.8) is 0 Å². The number of nitrogens with zero attached hydrogens (tertiary/aromatic N) is 1. The Morgan fingerprint density at radius 2 is 2.21 bits per heavy atom. The van der Waals surface area contributed by atoms with Gasteiger partial charge in [0, 0.05) is 35.5 Å². The maximum Gasteiger partial charge on any atom is 0.161 e. The molecule has 0 radical (unpaired) electrons. The molecule has 1 N–H and O–H groups in total. The van der Waals surface area contributed by atoms with Crippen molar-refractivity contribution < 1.29 is 43.4 Å². The van der Waals surface area contributed by atoms with Crippen molar-refractivity contribution in [1.82, 2.24) is 4.90 Å². The van der Waals surface area contributed by atoms with E-state index in [9.17, 15) is 6.48 Å². The molecule has 3 rings (SSSR count). The van der Waals surface area contributed by atoms with Gasteiger partial charge in [0.25, 0.3) is 0 Å². The Kier molecular flexibility index (Phi) is 1.41. The van der Waals surface area contributed by atoms with Crippen LogP contribution in [0.25, 0.3) is 0 Å². The van der Waals surface area contributed by atoms with E-state index in [-0.39, 0.29) is 0 Å². The van der Waals surface area contributed by atoms with Gasteiger partial charge in [0.05, 0.1) is 32.5 Å². The third-order valence-electron chi connectivity index (χ3n) is 3.79. The molecule has 0 aliphatic carbocycles. The van der Waals surface area contributed by atoms with Crippen LogP contribution in [0.3, 0.4) is 0 Å². The van der Waals surface area contributed by atoms with Crippen molar-refractivity contribution in [2.45, 2.75) is 51.9 Å². The van der Waals surface area contributed by atoms with Gasteiger partial charge >= 0.3 is 0 Å². The van der Waals surface area contributed by atoms with E-state index in [2.05, 4.69) is 0 Å². The number of benzene rings is 1. The third kappa shape index (κ3) is 3.40. The van der Waals surface area contributed by atoms with Gasteiger partial charge in [-0.3, -0.25) is 4.90 Å². The molecule has 4 heteroatoms. The molecule has 1 saturated heterocycles. The van der Waals surface area contributed by atoms with Crippen LogP contribution in [0.4, 0.5) is 0 Å². The number of hydrogen-bond donors (Lipinski definition) is 1. The van der Waals surface area contributed by atoms with Gasteiger partial charge in [-0.15, -0.1) is 0 Å². The number of piperidine rings is 1. The Hall–Kier alpha value is -1.26. The summed E-state index contributed by atoms with van der Waals surface area (Å²) in [5.41, 5.74) is -5.22. The molecule has 0 aromatic heterocycles.